The Labute approximate surface area is 174 Å². The molecule has 0 radical (unpaired) electrons. The van der Waals surface area contributed by atoms with Gasteiger partial charge in [-0.05, 0) is 12.1 Å². The molecule has 3 heterocycles. The van der Waals surface area contributed by atoms with Gasteiger partial charge in [-0.3, -0.25) is 14.9 Å². The lowest BCUT2D eigenvalue weighted by molar-refractivity contribution is -0.192. The van der Waals surface area contributed by atoms with Gasteiger partial charge in [0.05, 0.1) is 29.7 Å². The minimum Gasteiger partial charge on any atom is -0.475 e. The van der Waals surface area contributed by atoms with E-state index in [4.69, 9.17) is 9.90 Å². The van der Waals surface area contributed by atoms with Crippen molar-refractivity contribution in [3.63, 3.8) is 0 Å². The molecule has 0 aliphatic carbocycles. The monoisotopic (exact) mass is 439 g/mol. The van der Waals surface area contributed by atoms with Crippen molar-refractivity contribution in [2.45, 2.75) is 12.7 Å². The van der Waals surface area contributed by atoms with Crippen molar-refractivity contribution in [3.8, 4) is 11.3 Å². The third-order valence-electron chi connectivity index (χ3n) is 3.94. The van der Waals surface area contributed by atoms with E-state index in [-0.39, 0.29) is 5.91 Å². The van der Waals surface area contributed by atoms with Gasteiger partial charge in [0, 0.05) is 45.3 Å². The summed E-state index contributed by atoms with van der Waals surface area (Å²) in [5, 5.41) is 16.8. The number of aliphatic carboxylic acids is 1. The van der Waals surface area contributed by atoms with Crippen LogP contribution in [0, 0.1) is 0 Å². The molecule has 0 aliphatic rings. The van der Waals surface area contributed by atoms with Crippen molar-refractivity contribution in [1.82, 2.24) is 30.0 Å². The molecule has 31 heavy (non-hydrogen) atoms. The minimum absolute atomic E-state index is 0.184. The van der Waals surface area contributed by atoms with Gasteiger partial charge in [0.1, 0.15) is 0 Å². The lowest BCUT2D eigenvalue weighted by atomic mass is 10.1. The van der Waals surface area contributed by atoms with Gasteiger partial charge >= 0.3 is 12.1 Å². The number of aromatic amines is 1. The summed E-state index contributed by atoms with van der Waals surface area (Å²) < 4.78 is 33.7. The Kier molecular flexibility index (Phi) is 7.34. The van der Waals surface area contributed by atoms with E-state index in [1.165, 1.54) is 0 Å². The van der Waals surface area contributed by atoms with E-state index in [9.17, 15) is 18.0 Å². The molecule has 3 N–H and O–H groups in total. The zero-order valence-corrected chi connectivity index (χ0v) is 16.8. The predicted octanol–water partition coefficient (Wildman–Crippen LogP) is 1.83. The van der Waals surface area contributed by atoms with Crippen molar-refractivity contribution in [3.05, 3.63) is 48.2 Å². The molecule has 0 saturated carbocycles. The van der Waals surface area contributed by atoms with Gasteiger partial charge in [-0.15, -0.1) is 0 Å². The molecule has 3 aromatic rings. The highest BCUT2D eigenvalue weighted by molar-refractivity contribution is 5.94. The van der Waals surface area contributed by atoms with E-state index in [0.29, 0.717) is 12.1 Å². The molecule has 0 bridgehead atoms. The van der Waals surface area contributed by atoms with Crippen LogP contribution in [-0.2, 0) is 18.4 Å². The number of anilines is 1. The third-order valence-corrected chi connectivity index (χ3v) is 3.94. The Hall–Kier alpha value is -3.90. The number of rotatable bonds is 5. The molecular weight excluding hydrogens is 419 g/mol. The van der Waals surface area contributed by atoms with E-state index < -0.39 is 12.1 Å². The van der Waals surface area contributed by atoms with Crippen molar-refractivity contribution in [2.75, 3.05) is 19.0 Å². The first kappa shape index (κ1) is 23.4. The van der Waals surface area contributed by atoms with E-state index in [1.54, 1.807) is 30.9 Å². The molecule has 13 heteroatoms. The average molecular weight is 439 g/mol. The highest BCUT2D eigenvalue weighted by Crippen LogP contribution is 2.16. The Morgan fingerprint density at radius 2 is 1.94 bits per heavy atom. The molecule has 10 nitrogen and oxygen atoms in total. The van der Waals surface area contributed by atoms with Crippen molar-refractivity contribution in [1.29, 1.82) is 0 Å². The maximum atomic E-state index is 12.4. The maximum absolute atomic E-state index is 12.4. The van der Waals surface area contributed by atoms with Crippen LogP contribution in [0.5, 0.6) is 0 Å². The summed E-state index contributed by atoms with van der Waals surface area (Å²) in [7, 11) is 5.78. The smallest absolute Gasteiger partial charge is 0.475 e. The SMILES string of the molecule is CN(C)c1ncc(CNC(=O)c2cncc(-c3ccn[nH]3)c2)n1C.O=C(O)C(F)(F)F. The van der Waals surface area contributed by atoms with Crippen LogP contribution in [0.1, 0.15) is 16.1 Å². The van der Waals surface area contributed by atoms with Crippen LogP contribution in [0.15, 0.2) is 36.9 Å². The molecule has 0 spiro atoms. The summed E-state index contributed by atoms with van der Waals surface area (Å²) in [5.41, 5.74) is 3.05. The second-order valence-corrected chi connectivity index (χ2v) is 6.42. The highest BCUT2D eigenvalue weighted by Gasteiger charge is 2.38. The zero-order chi connectivity index (χ0) is 23.2. The molecule has 1 amide bonds. The fraction of sp³-hybridized carbons (Fsp3) is 0.278. The lowest BCUT2D eigenvalue weighted by Crippen LogP contribution is -2.24. The second kappa shape index (κ2) is 9.73. The van der Waals surface area contributed by atoms with Crippen LogP contribution in [0.3, 0.4) is 0 Å². The number of alkyl halides is 3. The molecule has 0 saturated heterocycles. The molecule has 3 rings (SSSR count). The van der Waals surface area contributed by atoms with Crippen LogP contribution in [-0.4, -0.2) is 62.0 Å². The van der Waals surface area contributed by atoms with Gasteiger partial charge < -0.3 is 19.9 Å². The normalized spacial score (nSPS) is 10.8. The first-order valence-corrected chi connectivity index (χ1v) is 8.71. The average Bonchev–Trinajstić information content (AvgIpc) is 3.36. The molecule has 0 aromatic carbocycles. The Bertz CT molecular complexity index is 1030. The summed E-state index contributed by atoms with van der Waals surface area (Å²) in [6.45, 7) is 0.393. The first-order chi connectivity index (χ1) is 14.5. The number of carboxylic acid groups (broad SMARTS) is 1. The molecule has 0 atom stereocenters. The van der Waals surface area contributed by atoms with Gasteiger partial charge in [0.25, 0.3) is 5.91 Å². The number of nitrogens with one attached hydrogen (secondary N) is 2. The number of hydrogen-bond acceptors (Lipinski definition) is 6. The fourth-order valence-electron chi connectivity index (χ4n) is 2.41. The summed E-state index contributed by atoms with van der Waals surface area (Å²) in [5.74, 6) is -2.11. The highest BCUT2D eigenvalue weighted by atomic mass is 19.4. The standard InChI is InChI=1S/C16H19N7O.C2HF3O2/c1-22(2)16-19-10-13(23(16)3)9-18-15(24)12-6-11(7-17-8-12)14-4-5-20-21-14;3-2(4,5)1(6)7/h4-8,10H,9H2,1-3H3,(H,18,24)(H,20,21);(H,6,7). The summed E-state index contributed by atoms with van der Waals surface area (Å²) in [6.07, 6.45) is 1.57. The molecule has 166 valence electrons. The summed E-state index contributed by atoms with van der Waals surface area (Å²) in [4.78, 5) is 31.6. The summed E-state index contributed by atoms with van der Waals surface area (Å²) in [6, 6.07) is 3.61. The molecule has 3 aromatic heterocycles. The molecule has 0 unspecified atom stereocenters. The molecule has 0 fully saturated rings. The van der Waals surface area contributed by atoms with Crippen LogP contribution >= 0.6 is 0 Å². The number of carbonyl (C=O) groups excluding carboxylic acids is 1. The minimum atomic E-state index is -5.08. The maximum Gasteiger partial charge on any atom is 0.490 e. The van der Waals surface area contributed by atoms with E-state index >= 15 is 0 Å². The number of hydrogen-bond donors (Lipinski definition) is 3. The number of H-pyrrole nitrogens is 1. The molecular formula is C18H20F3N7O3. The first-order valence-electron chi connectivity index (χ1n) is 8.71. The fourth-order valence-corrected chi connectivity index (χ4v) is 2.41. The number of carbonyl (C=O) groups is 2. The number of aromatic nitrogens is 5. The van der Waals surface area contributed by atoms with Crippen LogP contribution in [0.25, 0.3) is 11.3 Å². The van der Waals surface area contributed by atoms with Crippen LogP contribution in [0.4, 0.5) is 19.1 Å². The van der Waals surface area contributed by atoms with Crippen LogP contribution < -0.4 is 10.2 Å². The predicted molar refractivity (Wildman–Crippen MR) is 104 cm³/mol. The van der Waals surface area contributed by atoms with Crippen molar-refractivity contribution >= 4 is 17.8 Å². The van der Waals surface area contributed by atoms with Gasteiger partial charge in [0.15, 0.2) is 0 Å². The van der Waals surface area contributed by atoms with E-state index in [2.05, 4.69) is 25.5 Å². The number of amides is 1. The largest absolute Gasteiger partial charge is 0.490 e. The molecule has 0 aliphatic heterocycles. The van der Waals surface area contributed by atoms with Gasteiger partial charge in [0.2, 0.25) is 5.95 Å². The Morgan fingerprint density at radius 1 is 1.26 bits per heavy atom. The Morgan fingerprint density at radius 3 is 2.45 bits per heavy atom. The lowest BCUT2D eigenvalue weighted by Gasteiger charge is -2.13. The van der Waals surface area contributed by atoms with Gasteiger partial charge in [-0.2, -0.15) is 18.3 Å². The number of halogens is 3. The third kappa shape index (κ3) is 6.29. The van der Waals surface area contributed by atoms with Gasteiger partial charge in [-0.1, -0.05) is 0 Å². The van der Waals surface area contributed by atoms with Crippen LogP contribution in [0.2, 0.25) is 0 Å². The number of nitrogens with zero attached hydrogens (tertiary/aromatic N) is 5. The van der Waals surface area contributed by atoms with Gasteiger partial charge in [-0.25, -0.2) is 9.78 Å². The topological polar surface area (TPSA) is 129 Å². The Balaban J connectivity index is 0.000000423. The number of carboxylic acids is 1. The second-order valence-electron chi connectivity index (χ2n) is 6.42. The summed E-state index contributed by atoms with van der Waals surface area (Å²) >= 11 is 0. The quantitative estimate of drug-likeness (QED) is 0.553. The van der Waals surface area contributed by atoms with E-state index in [1.807, 2.05) is 36.7 Å². The zero-order valence-electron chi connectivity index (χ0n) is 16.8. The van der Waals surface area contributed by atoms with E-state index in [0.717, 1.165) is 22.9 Å². The number of pyridine rings is 1. The van der Waals surface area contributed by atoms with Crippen molar-refractivity contribution in [2.24, 2.45) is 7.05 Å². The van der Waals surface area contributed by atoms with Crippen molar-refractivity contribution < 1.29 is 27.9 Å². The number of imidazole rings is 1.